The van der Waals surface area contributed by atoms with Gasteiger partial charge in [-0.2, -0.15) is 0 Å². The SMILES string of the molecule is CCC[O][Sn][CH](C)c1ccsc1C(C)N.Cl. The minimum atomic E-state index is -0.725. The molecule has 0 aliphatic heterocycles. The summed E-state index contributed by atoms with van der Waals surface area (Å²) in [5, 5.41) is 2.14. The van der Waals surface area contributed by atoms with E-state index in [0.29, 0.717) is 3.93 Å². The van der Waals surface area contributed by atoms with Gasteiger partial charge in [0.15, 0.2) is 0 Å². The van der Waals surface area contributed by atoms with Crippen molar-refractivity contribution in [3.8, 4) is 0 Å². The third kappa shape index (κ3) is 4.92. The van der Waals surface area contributed by atoms with Gasteiger partial charge in [0, 0.05) is 0 Å². The first-order chi connectivity index (χ1) is 7.16. The molecule has 0 bridgehead atoms. The quantitative estimate of drug-likeness (QED) is 0.618. The minimum absolute atomic E-state index is 0. The Labute approximate surface area is 119 Å². The number of hydrogen-bond donors (Lipinski definition) is 1. The molecule has 0 aromatic carbocycles. The molecule has 0 spiro atoms. The van der Waals surface area contributed by atoms with Crippen molar-refractivity contribution >= 4 is 45.3 Å². The maximum atomic E-state index is 5.94. The van der Waals surface area contributed by atoms with Crippen LogP contribution in [0.25, 0.3) is 0 Å². The van der Waals surface area contributed by atoms with Crippen LogP contribution in [0.2, 0.25) is 0 Å². The van der Waals surface area contributed by atoms with Gasteiger partial charge in [-0.15, -0.1) is 12.4 Å². The third-order valence-electron chi connectivity index (χ3n) is 2.17. The van der Waals surface area contributed by atoms with Crippen LogP contribution < -0.4 is 5.73 Å². The first-order valence-corrected chi connectivity index (χ1v) is 9.06. The van der Waals surface area contributed by atoms with E-state index in [1.165, 1.54) is 10.4 Å². The zero-order valence-electron chi connectivity index (χ0n) is 10.0. The zero-order valence-corrected chi connectivity index (χ0v) is 14.5. The Hall–Kier alpha value is 0.709. The molecule has 5 heteroatoms. The van der Waals surface area contributed by atoms with E-state index in [9.17, 15) is 0 Å². The molecule has 1 aromatic rings. The van der Waals surface area contributed by atoms with E-state index >= 15 is 0 Å². The van der Waals surface area contributed by atoms with Crippen LogP contribution in [0.1, 0.15) is 47.6 Å². The van der Waals surface area contributed by atoms with E-state index in [0.717, 1.165) is 13.0 Å². The van der Waals surface area contributed by atoms with Gasteiger partial charge in [0.05, 0.1) is 0 Å². The molecule has 0 aliphatic rings. The van der Waals surface area contributed by atoms with E-state index < -0.39 is 21.6 Å². The van der Waals surface area contributed by atoms with Crippen LogP contribution in [0.3, 0.4) is 0 Å². The summed E-state index contributed by atoms with van der Waals surface area (Å²) in [6.45, 7) is 7.41. The largest absolute Gasteiger partial charge is 0.147 e. The molecule has 92 valence electrons. The summed E-state index contributed by atoms with van der Waals surface area (Å²) < 4.78 is 6.35. The molecule has 0 amide bonds. The molecule has 0 saturated heterocycles. The fourth-order valence-electron chi connectivity index (χ4n) is 1.41. The molecule has 0 fully saturated rings. The van der Waals surface area contributed by atoms with Gasteiger partial charge < -0.3 is 0 Å². The van der Waals surface area contributed by atoms with Crippen LogP contribution in [0.4, 0.5) is 0 Å². The van der Waals surface area contributed by atoms with Gasteiger partial charge in [0.25, 0.3) is 0 Å². The molecular formula is C11H20ClNOSSn. The van der Waals surface area contributed by atoms with Crippen molar-refractivity contribution in [3.05, 3.63) is 21.9 Å². The van der Waals surface area contributed by atoms with Gasteiger partial charge in [-0.3, -0.25) is 0 Å². The molecule has 2 unspecified atom stereocenters. The Morgan fingerprint density at radius 3 is 2.75 bits per heavy atom. The zero-order chi connectivity index (χ0) is 11.3. The van der Waals surface area contributed by atoms with E-state index in [4.69, 9.17) is 8.81 Å². The maximum Gasteiger partial charge on any atom is -0.147 e. The van der Waals surface area contributed by atoms with Gasteiger partial charge in [0.2, 0.25) is 0 Å². The van der Waals surface area contributed by atoms with Crippen molar-refractivity contribution in [2.45, 2.75) is 37.2 Å². The summed E-state index contributed by atoms with van der Waals surface area (Å²) in [6, 6.07) is 2.37. The maximum absolute atomic E-state index is 5.94. The molecule has 2 atom stereocenters. The van der Waals surface area contributed by atoms with Gasteiger partial charge >= 0.3 is 107 Å². The summed E-state index contributed by atoms with van der Waals surface area (Å²) in [4.78, 5) is 1.34. The molecule has 0 aliphatic carbocycles. The molecular weight excluding hydrogens is 348 g/mol. The fourth-order valence-corrected chi connectivity index (χ4v) is 5.38. The average Bonchev–Trinajstić information content (AvgIpc) is 2.66. The van der Waals surface area contributed by atoms with Gasteiger partial charge in [0.1, 0.15) is 0 Å². The van der Waals surface area contributed by atoms with Crippen molar-refractivity contribution in [2.75, 3.05) is 6.61 Å². The van der Waals surface area contributed by atoms with Crippen LogP contribution in [-0.4, -0.2) is 28.2 Å². The number of hydrogen-bond acceptors (Lipinski definition) is 3. The first kappa shape index (κ1) is 16.7. The predicted octanol–water partition coefficient (Wildman–Crippen LogP) is 3.30. The molecule has 2 nitrogen and oxygen atoms in total. The topological polar surface area (TPSA) is 35.2 Å². The number of nitrogens with two attached hydrogens (primary N) is 1. The molecule has 16 heavy (non-hydrogen) atoms. The predicted molar refractivity (Wildman–Crippen MR) is 74.6 cm³/mol. The number of halogens is 1. The molecule has 1 heterocycles. The van der Waals surface area contributed by atoms with Crippen LogP contribution in [0.15, 0.2) is 11.4 Å². The van der Waals surface area contributed by atoms with E-state index in [1.807, 2.05) is 0 Å². The second-order valence-corrected chi connectivity index (χ2v) is 8.63. The van der Waals surface area contributed by atoms with Crippen LogP contribution in [0.5, 0.6) is 0 Å². The van der Waals surface area contributed by atoms with Crippen molar-refractivity contribution in [3.63, 3.8) is 0 Å². The molecule has 2 N–H and O–H groups in total. The Bertz CT molecular complexity index is 293. The standard InChI is InChI=1S/C8H12NS.C3H7O.ClH.Sn/c1-3-7-4-5-10-8(7)6(2)9;1-2-3-4;;/h3-6H,9H2,1-2H3;2-3H2,1H3;1H;/q;-1;;+1. The van der Waals surface area contributed by atoms with Gasteiger partial charge in [-0.05, 0) is 0 Å². The minimum Gasteiger partial charge on any atom is -0.147 e. The van der Waals surface area contributed by atoms with Crippen LogP contribution in [0, 0.1) is 0 Å². The number of rotatable bonds is 6. The van der Waals surface area contributed by atoms with E-state index in [2.05, 4.69) is 32.2 Å². The van der Waals surface area contributed by atoms with Gasteiger partial charge in [-0.25, -0.2) is 0 Å². The average molecular weight is 369 g/mol. The molecule has 2 radical (unpaired) electrons. The summed E-state index contributed by atoms with van der Waals surface area (Å²) in [5.41, 5.74) is 7.37. The van der Waals surface area contributed by atoms with Gasteiger partial charge in [-0.1, -0.05) is 0 Å². The number of thiophene rings is 1. The van der Waals surface area contributed by atoms with E-state index in [-0.39, 0.29) is 18.4 Å². The second-order valence-electron chi connectivity index (χ2n) is 3.72. The molecule has 0 saturated carbocycles. The van der Waals surface area contributed by atoms with Crippen LogP contribution in [-0.2, 0) is 3.07 Å². The summed E-state index contributed by atoms with van der Waals surface area (Å²) in [6.07, 6.45) is 1.12. The summed E-state index contributed by atoms with van der Waals surface area (Å²) >= 11 is 1.05. The normalized spacial score (nSPS) is 14.2. The Morgan fingerprint density at radius 2 is 2.19 bits per heavy atom. The van der Waals surface area contributed by atoms with Crippen molar-refractivity contribution in [1.29, 1.82) is 0 Å². The fraction of sp³-hybridized carbons (Fsp3) is 0.636. The monoisotopic (exact) mass is 369 g/mol. The van der Waals surface area contributed by atoms with Crippen molar-refractivity contribution in [1.82, 2.24) is 0 Å². The molecule has 1 aromatic heterocycles. The smallest absolute Gasteiger partial charge is 0.147 e. The van der Waals surface area contributed by atoms with E-state index in [1.54, 1.807) is 11.3 Å². The first-order valence-electron chi connectivity index (χ1n) is 5.37. The summed E-state index contributed by atoms with van der Waals surface area (Å²) in [7, 11) is 0. The molecule has 1 rings (SSSR count). The second kappa shape index (κ2) is 8.75. The summed E-state index contributed by atoms with van der Waals surface area (Å²) in [5.74, 6) is 0. The third-order valence-corrected chi connectivity index (χ3v) is 6.26. The Balaban J connectivity index is 0.00000225. The van der Waals surface area contributed by atoms with Crippen molar-refractivity contribution < 1.29 is 3.07 Å². The van der Waals surface area contributed by atoms with Crippen molar-refractivity contribution in [2.24, 2.45) is 5.73 Å². The Kier molecular flexibility index (Phi) is 9.14. The van der Waals surface area contributed by atoms with Crippen LogP contribution >= 0.6 is 23.7 Å². The Morgan fingerprint density at radius 1 is 1.50 bits per heavy atom.